The van der Waals surface area contributed by atoms with Crippen LogP contribution in [0.2, 0.25) is 0 Å². The highest BCUT2D eigenvalue weighted by molar-refractivity contribution is 5.96. The van der Waals surface area contributed by atoms with Crippen molar-refractivity contribution < 1.29 is 9.90 Å². The Morgan fingerprint density at radius 2 is 2.29 bits per heavy atom. The average Bonchev–Trinajstić information content (AvgIpc) is 2.28. The first-order chi connectivity index (χ1) is 8.08. The fraction of sp³-hybridized carbons (Fsp3) is 0.462. The molecule has 0 saturated carbocycles. The summed E-state index contributed by atoms with van der Waals surface area (Å²) in [5, 5.41) is 9.57. The molecule has 1 amide bonds. The van der Waals surface area contributed by atoms with Crippen molar-refractivity contribution in [3.05, 3.63) is 29.3 Å². The van der Waals surface area contributed by atoms with Gasteiger partial charge >= 0.3 is 0 Å². The van der Waals surface area contributed by atoms with Crippen molar-refractivity contribution in [3.63, 3.8) is 0 Å². The van der Waals surface area contributed by atoms with Gasteiger partial charge in [-0.15, -0.1) is 0 Å². The third-order valence-electron chi connectivity index (χ3n) is 3.16. The molecule has 1 aromatic rings. The number of carbonyl (C=O) groups excluding carboxylic acids is 1. The number of aryl methyl sites for hydroxylation is 1. The van der Waals surface area contributed by atoms with Crippen molar-refractivity contribution in [2.45, 2.75) is 25.9 Å². The van der Waals surface area contributed by atoms with Gasteiger partial charge in [-0.2, -0.15) is 0 Å². The molecule has 1 saturated heterocycles. The van der Waals surface area contributed by atoms with Gasteiger partial charge in [-0.25, -0.2) is 0 Å². The molecule has 1 fully saturated rings. The first-order valence-corrected chi connectivity index (χ1v) is 5.91. The van der Waals surface area contributed by atoms with Crippen LogP contribution in [0, 0.1) is 6.92 Å². The molecule has 2 rings (SSSR count). The number of β-amino-alcohol motifs (C(OH)–C–C–N with tert-alkyl or cyclic N) is 1. The largest absolute Gasteiger partial charge is 0.399 e. The first kappa shape index (κ1) is 11.9. The Balaban J connectivity index is 2.18. The minimum Gasteiger partial charge on any atom is -0.399 e. The number of aliphatic hydroxyl groups excluding tert-OH is 1. The second-order valence-electron chi connectivity index (χ2n) is 4.62. The Labute approximate surface area is 101 Å². The number of likely N-dealkylation sites (tertiary alicyclic amines) is 1. The Bertz CT molecular complexity index is 431. The number of hydrogen-bond donors (Lipinski definition) is 2. The van der Waals surface area contributed by atoms with E-state index in [1.165, 1.54) is 0 Å². The molecule has 4 nitrogen and oxygen atoms in total. The third-order valence-corrected chi connectivity index (χ3v) is 3.16. The van der Waals surface area contributed by atoms with Gasteiger partial charge in [0, 0.05) is 24.3 Å². The van der Waals surface area contributed by atoms with Crippen molar-refractivity contribution in [1.82, 2.24) is 4.90 Å². The van der Waals surface area contributed by atoms with Crippen LogP contribution in [0.25, 0.3) is 0 Å². The van der Waals surface area contributed by atoms with E-state index in [4.69, 9.17) is 5.73 Å². The van der Waals surface area contributed by atoms with E-state index in [1.807, 2.05) is 6.92 Å². The van der Waals surface area contributed by atoms with Crippen LogP contribution in [-0.4, -0.2) is 35.1 Å². The molecule has 92 valence electrons. The SMILES string of the molecule is Cc1cc(N)ccc1C(=O)N1CCC[C@H](O)C1. The molecule has 1 atom stereocenters. The van der Waals surface area contributed by atoms with Crippen LogP contribution in [0.5, 0.6) is 0 Å². The average molecular weight is 234 g/mol. The van der Waals surface area contributed by atoms with Gasteiger partial charge in [0.1, 0.15) is 0 Å². The number of nitrogens with zero attached hydrogens (tertiary/aromatic N) is 1. The Morgan fingerprint density at radius 1 is 1.53 bits per heavy atom. The number of hydrogen-bond acceptors (Lipinski definition) is 3. The minimum absolute atomic E-state index is 0.0127. The molecule has 0 unspecified atom stereocenters. The number of piperidine rings is 1. The fourth-order valence-corrected chi connectivity index (χ4v) is 2.24. The van der Waals surface area contributed by atoms with Crippen LogP contribution < -0.4 is 5.73 Å². The predicted molar refractivity (Wildman–Crippen MR) is 66.7 cm³/mol. The summed E-state index contributed by atoms with van der Waals surface area (Å²) in [6, 6.07) is 5.29. The summed E-state index contributed by atoms with van der Waals surface area (Å²) < 4.78 is 0. The number of aliphatic hydroxyl groups is 1. The number of rotatable bonds is 1. The normalized spacial score (nSPS) is 20.4. The highest BCUT2D eigenvalue weighted by Crippen LogP contribution is 2.18. The van der Waals surface area contributed by atoms with Crippen LogP contribution in [0.4, 0.5) is 5.69 Å². The van der Waals surface area contributed by atoms with Crippen molar-refractivity contribution in [2.75, 3.05) is 18.8 Å². The molecular weight excluding hydrogens is 216 g/mol. The van der Waals surface area contributed by atoms with E-state index in [-0.39, 0.29) is 12.0 Å². The van der Waals surface area contributed by atoms with Gasteiger partial charge in [0.2, 0.25) is 0 Å². The summed E-state index contributed by atoms with van der Waals surface area (Å²) >= 11 is 0. The van der Waals surface area contributed by atoms with Crippen LogP contribution in [0.3, 0.4) is 0 Å². The predicted octanol–water partition coefficient (Wildman–Crippen LogP) is 1.17. The van der Waals surface area contributed by atoms with Crippen molar-refractivity contribution in [2.24, 2.45) is 0 Å². The van der Waals surface area contributed by atoms with Crippen molar-refractivity contribution in [3.8, 4) is 0 Å². The zero-order valence-electron chi connectivity index (χ0n) is 10.0. The number of carbonyl (C=O) groups is 1. The molecule has 4 heteroatoms. The summed E-state index contributed by atoms with van der Waals surface area (Å²) in [4.78, 5) is 14.0. The fourth-order valence-electron chi connectivity index (χ4n) is 2.24. The van der Waals surface area contributed by atoms with Crippen LogP contribution in [-0.2, 0) is 0 Å². The zero-order valence-corrected chi connectivity index (χ0v) is 10.0. The topological polar surface area (TPSA) is 66.6 Å². The minimum atomic E-state index is -0.387. The lowest BCUT2D eigenvalue weighted by molar-refractivity contribution is 0.0473. The summed E-state index contributed by atoms with van der Waals surface area (Å²) in [5.41, 5.74) is 7.89. The van der Waals surface area contributed by atoms with Crippen LogP contribution in [0.15, 0.2) is 18.2 Å². The smallest absolute Gasteiger partial charge is 0.254 e. The van der Waals surface area contributed by atoms with E-state index < -0.39 is 0 Å². The molecule has 3 N–H and O–H groups in total. The van der Waals surface area contributed by atoms with E-state index in [2.05, 4.69) is 0 Å². The maximum Gasteiger partial charge on any atom is 0.254 e. The van der Waals surface area contributed by atoms with Gasteiger partial charge in [0.15, 0.2) is 0 Å². The second kappa shape index (κ2) is 4.75. The number of anilines is 1. The number of benzene rings is 1. The molecular formula is C13H18N2O2. The second-order valence-corrected chi connectivity index (χ2v) is 4.62. The Hall–Kier alpha value is -1.55. The maximum absolute atomic E-state index is 12.3. The Kier molecular flexibility index (Phi) is 3.33. The summed E-state index contributed by atoms with van der Waals surface area (Å²) in [5.74, 6) is -0.0127. The van der Waals surface area contributed by atoms with E-state index in [1.54, 1.807) is 23.1 Å². The summed E-state index contributed by atoms with van der Waals surface area (Å²) in [6.45, 7) is 3.03. The van der Waals surface area contributed by atoms with Gasteiger partial charge in [-0.05, 0) is 43.5 Å². The lowest BCUT2D eigenvalue weighted by atomic mass is 10.0. The van der Waals surface area contributed by atoms with Crippen molar-refractivity contribution >= 4 is 11.6 Å². The zero-order chi connectivity index (χ0) is 12.4. The number of nitrogens with two attached hydrogens (primary N) is 1. The van der Waals surface area contributed by atoms with Crippen LogP contribution >= 0.6 is 0 Å². The maximum atomic E-state index is 12.3. The molecule has 0 radical (unpaired) electrons. The molecule has 17 heavy (non-hydrogen) atoms. The summed E-state index contributed by atoms with van der Waals surface area (Å²) in [7, 11) is 0. The molecule has 0 spiro atoms. The quantitative estimate of drug-likeness (QED) is 0.717. The van der Waals surface area contributed by atoms with Gasteiger partial charge in [-0.1, -0.05) is 0 Å². The molecule has 0 bridgehead atoms. The van der Waals surface area contributed by atoms with E-state index >= 15 is 0 Å². The highest BCUT2D eigenvalue weighted by atomic mass is 16.3. The number of amides is 1. The first-order valence-electron chi connectivity index (χ1n) is 5.91. The van der Waals surface area contributed by atoms with E-state index in [9.17, 15) is 9.90 Å². The standard InChI is InChI=1S/C13H18N2O2/c1-9-7-10(14)4-5-12(9)13(17)15-6-2-3-11(16)8-15/h4-5,7,11,16H,2-3,6,8,14H2,1H3/t11-/m0/s1. The molecule has 1 heterocycles. The Morgan fingerprint density at radius 3 is 2.94 bits per heavy atom. The van der Waals surface area contributed by atoms with Crippen molar-refractivity contribution in [1.29, 1.82) is 0 Å². The third kappa shape index (κ3) is 2.58. The number of nitrogen functional groups attached to an aromatic ring is 1. The van der Waals surface area contributed by atoms with Gasteiger partial charge in [-0.3, -0.25) is 4.79 Å². The lowest BCUT2D eigenvalue weighted by Gasteiger charge is -2.30. The molecule has 0 aromatic heterocycles. The summed E-state index contributed by atoms with van der Waals surface area (Å²) in [6.07, 6.45) is 1.26. The van der Waals surface area contributed by atoms with Gasteiger partial charge in [0.05, 0.1) is 6.10 Å². The van der Waals surface area contributed by atoms with E-state index in [0.717, 1.165) is 24.9 Å². The van der Waals surface area contributed by atoms with Gasteiger partial charge < -0.3 is 15.7 Å². The van der Waals surface area contributed by atoms with Crippen LogP contribution in [0.1, 0.15) is 28.8 Å². The highest BCUT2D eigenvalue weighted by Gasteiger charge is 2.23. The molecule has 1 aromatic carbocycles. The van der Waals surface area contributed by atoms with E-state index in [0.29, 0.717) is 17.8 Å². The van der Waals surface area contributed by atoms with Gasteiger partial charge in [0.25, 0.3) is 5.91 Å². The molecule has 0 aliphatic carbocycles. The monoisotopic (exact) mass is 234 g/mol. The molecule has 1 aliphatic rings. The lowest BCUT2D eigenvalue weighted by Crippen LogP contribution is -2.42. The molecule has 1 aliphatic heterocycles.